The van der Waals surface area contributed by atoms with Crippen molar-refractivity contribution in [2.75, 3.05) is 19.1 Å². The van der Waals surface area contributed by atoms with Crippen molar-refractivity contribution in [3.05, 3.63) is 117 Å². The smallest absolute Gasteiger partial charge is 0.301 e. The first-order valence-corrected chi connectivity index (χ1v) is 15.3. The Bertz CT molecular complexity index is 2000. The first-order chi connectivity index (χ1) is 21.8. The fraction of sp³-hybridized carbons (Fsp3) is 0.125. The van der Waals surface area contributed by atoms with E-state index in [1.54, 1.807) is 12.1 Å². The minimum absolute atomic E-state index is 0.111. The van der Waals surface area contributed by atoms with Gasteiger partial charge in [-0.1, -0.05) is 77.7 Å². The van der Waals surface area contributed by atoms with E-state index in [1.165, 1.54) is 56.3 Å². The van der Waals surface area contributed by atoms with Crippen LogP contribution in [0.4, 0.5) is 10.8 Å². The standard InChI is InChI=1S/C32H24N4O7S2/c1-42-24-14-13-20(16-25(24)43-2)28(37)26-27(19-9-6-11-22(15-19)36(40)41)35(30(39)29(26)38)31-33-34-32(45-31)44-17-21-10-5-8-18-7-3-4-12-23(18)21/h3-16,27,37H,17H2,1-2H3/b28-26+. The van der Waals surface area contributed by atoms with Crippen molar-refractivity contribution in [1.82, 2.24) is 10.2 Å². The summed E-state index contributed by atoms with van der Waals surface area (Å²) in [6.07, 6.45) is 0. The molecule has 1 aliphatic heterocycles. The molecule has 13 heteroatoms. The Morgan fingerprint density at radius 1 is 0.978 bits per heavy atom. The molecule has 1 unspecified atom stereocenters. The minimum Gasteiger partial charge on any atom is -0.507 e. The molecule has 0 saturated carbocycles. The van der Waals surface area contributed by atoms with E-state index in [2.05, 4.69) is 10.2 Å². The number of aliphatic hydroxyl groups excluding tert-OH is 1. The van der Waals surface area contributed by atoms with Crippen LogP contribution in [-0.4, -0.2) is 46.1 Å². The maximum Gasteiger partial charge on any atom is 0.301 e. The van der Waals surface area contributed by atoms with Crippen molar-refractivity contribution in [1.29, 1.82) is 0 Å². The first-order valence-electron chi connectivity index (χ1n) is 13.5. The van der Waals surface area contributed by atoms with Crippen molar-refractivity contribution in [2.24, 2.45) is 0 Å². The SMILES string of the molecule is COc1ccc(/C(O)=C2\C(=O)C(=O)N(c3nnc(SCc4cccc5ccccc45)s3)C2c2cccc([N+](=O)[O-])c2)cc1OC. The summed E-state index contributed by atoms with van der Waals surface area (Å²) in [4.78, 5) is 39.4. The molecule has 6 rings (SSSR count). The van der Waals surface area contributed by atoms with E-state index in [0.717, 1.165) is 32.6 Å². The number of hydrogen-bond donors (Lipinski definition) is 1. The number of thioether (sulfide) groups is 1. The van der Waals surface area contributed by atoms with Gasteiger partial charge in [-0.05, 0) is 40.1 Å². The minimum atomic E-state index is -1.22. The number of carbonyl (C=O) groups excluding carboxylic acids is 2. The Balaban J connectivity index is 1.41. The number of nitro groups is 1. The Kier molecular flexibility index (Phi) is 8.20. The number of Topliss-reactive ketones (excluding diaryl/α,β-unsaturated/α-hetero) is 1. The van der Waals surface area contributed by atoms with Gasteiger partial charge in [0.15, 0.2) is 15.8 Å². The zero-order chi connectivity index (χ0) is 31.7. The van der Waals surface area contributed by atoms with Gasteiger partial charge in [0.2, 0.25) is 5.13 Å². The highest BCUT2D eigenvalue weighted by Crippen LogP contribution is 2.45. The van der Waals surface area contributed by atoms with Crippen LogP contribution < -0.4 is 14.4 Å². The number of hydrogen-bond acceptors (Lipinski definition) is 11. The highest BCUT2D eigenvalue weighted by atomic mass is 32.2. The number of carbonyl (C=O) groups is 2. The van der Waals surface area contributed by atoms with E-state index in [1.807, 2.05) is 42.5 Å². The summed E-state index contributed by atoms with van der Waals surface area (Å²) >= 11 is 2.54. The van der Waals surface area contributed by atoms with E-state index in [-0.39, 0.29) is 27.5 Å². The molecule has 1 saturated heterocycles. The molecule has 226 valence electrons. The number of fused-ring (bicyclic) bond motifs is 1. The van der Waals surface area contributed by atoms with Gasteiger partial charge >= 0.3 is 5.91 Å². The summed E-state index contributed by atoms with van der Waals surface area (Å²) in [5, 5.41) is 34.0. The summed E-state index contributed by atoms with van der Waals surface area (Å²) in [5.74, 6) is -1.13. The molecule has 11 nitrogen and oxygen atoms in total. The van der Waals surface area contributed by atoms with Gasteiger partial charge in [-0.25, -0.2) is 0 Å². The molecule has 45 heavy (non-hydrogen) atoms. The fourth-order valence-corrected chi connectivity index (χ4v) is 7.08. The van der Waals surface area contributed by atoms with E-state index in [9.17, 15) is 24.8 Å². The monoisotopic (exact) mass is 640 g/mol. The van der Waals surface area contributed by atoms with E-state index in [4.69, 9.17) is 9.47 Å². The quantitative estimate of drug-likeness (QED) is 0.0359. The highest BCUT2D eigenvalue weighted by molar-refractivity contribution is 8.00. The zero-order valence-electron chi connectivity index (χ0n) is 23.9. The van der Waals surface area contributed by atoms with Crippen molar-refractivity contribution >= 4 is 62.1 Å². The molecule has 1 fully saturated rings. The molecular formula is C32H24N4O7S2. The van der Waals surface area contributed by atoms with E-state index in [0.29, 0.717) is 21.6 Å². The number of aromatic nitrogens is 2. The molecular weight excluding hydrogens is 617 g/mol. The Morgan fingerprint density at radius 3 is 2.51 bits per heavy atom. The number of benzene rings is 4. The van der Waals surface area contributed by atoms with Crippen LogP contribution in [0.25, 0.3) is 16.5 Å². The lowest BCUT2D eigenvalue weighted by Crippen LogP contribution is -2.29. The molecule has 2 heterocycles. The molecule has 5 aromatic rings. The normalized spacial score (nSPS) is 15.9. The summed E-state index contributed by atoms with van der Waals surface area (Å²) in [7, 11) is 2.89. The molecule has 0 spiro atoms. The topological polar surface area (TPSA) is 145 Å². The van der Waals surface area contributed by atoms with Gasteiger partial charge in [-0.15, -0.1) is 10.2 Å². The molecule has 0 aliphatic carbocycles. The number of aliphatic hydroxyl groups is 1. The number of non-ortho nitro benzene ring substituents is 1. The largest absolute Gasteiger partial charge is 0.507 e. The molecule has 1 N–H and O–H groups in total. The Hall–Kier alpha value is -5.27. The van der Waals surface area contributed by atoms with Crippen molar-refractivity contribution in [2.45, 2.75) is 16.1 Å². The van der Waals surface area contributed by atoms with Crippen LogP contribution in [0.15, 0.2) is 94.8 Å². The van der Waals surface area contributed by atoms with Gasteiger partial charge in [0.05, 0.1) is 30.8 Å². The number of anilines is 1. The third kappa shape index (κ3) is 5.58. The third-order valence-corrected chi connectivity index (χ3v) is 9.44. The fourth-order valence-electron chi connectivity index (χ4n) is 5.21. The second-order valence-electron chi connectivity index (χ2n) is 9.87. The lowest BCUT2D eigenvalue weighted by atomic mass is 9.95. The van der Waals surface area contributed by atoms with Crippen LogP contribution in [0.5, 0.6) is 11.5 Å². The number of rotatable bonds is 9. The number of ether oxygens (including phenoxy) is 2. The number of nitrogens with zero attached hydrogens (tertiary/aromatic N) is 4. The second-order valence-corrected chi connectivity index (χ2v) is 12.0. The van der Waals surface area contributed by atoms with Crippen LogP contribution in [-0.2, 0) is 15.3 Å². The lowest BCUT2D eigenvalue weighted by Gasteiger charge is -2.22. The van der Waals surface area contributed by atoms with Gasteiger partial charge in [-0.2, -0.15) is 0 Å². The summed E-state index contributed by atoms with van der Waals surface area (Å²) in [5.41, 5.74) is 1.03. The number of nitro benzene ring substituents is 1. The second kappa shape index (κ2) is 12.4. The number of amides is 1. The molecule has 1 aliphatic rings. The van der Waals surface area contributed by atoms with Crippen molar-refractivity contribution in [3.63, 3.8) is 0 Å². The zero-order valence-corrected chi connectivity index (χ0v) is 25.5. The number of ketones is 1. The van der Waals surface area contributed by atoms with Gasteiger partial charge in [0, 0.05) is 23.4 Å². The van der Waals surface area contributed by atoms with Gasteiger partial charge in [0.25, 0.3) is 11.5 Å². The lowest BCUT2D eigenvalue weighted by molar-refractivity contribution is -0.384. The van der Waals surface area contributed by atoms with Crippen LogP contribution in [0, 0.1) is 10.1 Å². The predicted molar refractivity (Wildman–Crippen MR) is 171 cm³/mol. The first kappa shape index (κ1) is 29.8. The highest BCUT2D eigenvalue weighted by Gasteiger charge is 2.48. The molecule has 1 amide bonds. The Morgan fingerprint density at radius 2 is 1.73 bits per heavy atom. The molecule has 1 atom stereocenters. The molecule has 0 bridgehead atoms. The van der Waals surface area contributed by atoms with Crippen LogP contribution in [0.1, 0.15) is 22.7 Å². The summed E-state index contributed by atoms with van der Waals surface area (Å²) in [6.45, 7) is 0. The average molecular weight is 641 g/mol. The Labute approximate surface area is 264 Å². The van der Waals surface area contributed by atoms with Gasteiger partial charge in [-0.3, -0.25) is 24.6 Å². The van der Waals surface area contributed by atoms with E-state index < -0.39 is 28.4 Å². The maximum atomic E-state index is 13.6. The van der Waals surface area contributed by atoms with Crippen LogP contribution in [0.3, 0.4) is 0 Å². The maximum absolute atomic E-state index is 13.6. The van der Waals surface area contributed by atoms with Crippen LogP contribution >= 0.6 is 23.1 Å². The molecule has 0 radical (unpaired) electrons. The third-order valence-electron chi connectivity index (χ3n) is 7.33. The number of methoxy groups -OCH3 is 2. The van der Waals surface area contributed by atoms with Gasteiger partial charge in [0.1, 0.15) is 5.76 Å². The predicted octanol–water partition coefficient (Wildman–Crippen LogP) is 6.54. The van der Waals surface area contributed by atoms with Crippen molar-refractivity contribution in [3.8, 4) is 11.5 Å². The molecule has 1 aromatic heterocycles. The van der Waals surface area contributed by atoms with Gasteiger partial charge < -0.3 is 14.6 Å². The van der Waals surface area contributed by atoms with E-state index >= 15 is 0 Å². The summed E-state index contributed by atoms with van der Waals surface area (Å²) in [6, 6.07) is 23.0. The van der Waals surface area contributed by atoms with Crippen LogP contribution in [0.2, 0.25) is 0 Å². The summed E-state index contributed by atoms with van der Waals surface area (Å²) < 4.78 is 11.2. The molecule has 4 aromatic carbocycles. The average Bonchev–Trinajstić information content (AvgIpc) is 3.64. The van der Waals surface area contributed by atoms with Crippen molar-refractivity contribution < 1.29 is 29.1 Å².